The van der Waals surface area contributed by atoms with E-state index in [4.69, 9.17) is 0 Å². The monoisotopic (exact) mass is 320 g/mol. The molecule has 0 amide bonds. The molecule has 0 aliphatic carbocycles. The number of thiophene rings is 1. The van der Waals surface area contributed by atoms with Crippen LogP contribution in [0.4, 0.5) is 0 Å². The lowest BCUT2D eigenvalue weighted by Crippen LogP contribution is -1.90. The summed E-state index contributed by atoms with van der Waals surface area (Å²) in [4.78, 5) is 9.43. The molecule has 2 nitrogen and oxygen atoms in total. The van der Waals surface area contributed by atoms with Gasteiger partial charge in [0, 0.05) is 15.8 Å². The van der Waals surface area contributed by atoms with E-state index in [1.165, 1.54) is 4.88 Å². The van der Waals surface area contributed by atoms with Gasteiger partial charge in [-0.05, 0) is 42.5 Å². The second kappa shape index (κ2) is 5.24. The maximum Gasteiger partial charge on any atom is 0.107 e. The quantitative estimate of drug-likeness (QED) is 0.749. The molecule has 0 unspecified atom stereocenters. The Hall–Kier alpha value is -1.13. The molecule has 0 radical (unpaired) electrons. The highest BCUT2D eigenvalue weighted by Crippen LogP contribution is 2.19. The van der Waals surface area contributed by atoms with Gasteiger partial charge in [0.1, 0.15) is 5.82 Å². The van der Waals surface area contributed by atoms with Crippen LogP contribution in [-0.2, 0) is 12.8 Å². The van der Waals surface area contributed by atoms with Crippen LogP contribution in [0.1, 0.15) is 17.1 Å². The fourth-order valence-corrected chi connectivity index (χ4v) is 3.15. The lowest BCUT2D eigenvalue weighted by Gasteiger charge is -1.95. The predicted octanol–water partition coefficient (Wildman–Crippen LogP) is 4.56. The van der Waals surface area contributed by atoms with E-state index >= 15 is 0 Å². The van der Waals surface area contributed by atoms with Crippen LogP contribution < -0.4 is 0 Å². The number of H-pyrrole nitrogens is 1. The third-order valence-electron chi connectivity index (χ3n) is 2.91. The molecule has 0 saturated heterocycles. The lowest BCUT2D eigenvalue weighted by molar-refractivity contribution is 0.793. The van der Waals surface area contributed by atoms with Crippen molar-refractivity contribution in [3.05, 3.63) is 50.9 Å². The Morgan fingerprint density at radius 3 is 3.00 bits per heavy atom. The molecule has 4 heteroatoms. The molecular weight excluding hydrogens is 308 g/mol. The van der Waals surface area contributed by atoms with Crippen molar-refractivity contribution in [2.24, 2.45) is 0 Å². The normalized spacial score (nSPS) is 11.2. The fourth-order valence-electron chi connectivity index (χ4n) is 2.04. The summed E-state index contributed by atoms with van der Waals surface area (Å²) in [6, 6.07) is 10.4. The third kappa shape index (κ3) is 2.65. The van der Waals surface area contributed by atoms with Gasteiger partial charge in [-0.25, -0.2) is 4.98 Å². The van der Waals surface area contributed by atoms with Crippen LogP contribution in [0.2, 0.25) is 0 Å². The number of imidazole rings is 1. The summed E-state index contributed by atoms with van der Waals surface area (Å²) in [5.41, 5.74) is 2.15. The molecule has 3 rings (SSSR count). The summed E-state index contributed by atoms with van der Waals surface area (Å²) in [6.07, 6.45) is 3.28. The highest BCUT2D eigenvalue weighted by Gasteiger charge is 2.03. The SMILES string of the molecule is Brc1ccc2nc(CCCc3cccs3)[nH]c2c1. The van der Waals surface area contributed by atoms with E-state index in [2.05, 4.69) is 49.5 Å². The number of nitrogens with one attached hydrogen (secondary N) is 1. The van der Waals surface area contributed by atoms with Gasteiger partial charge in [-0.1, -0.05) is 22.0 Å². The Morgan fingerprint density at radius 1 is 1.22 bits per heavy atom. The van der Waals surface area contributed by atoms with Crippen LogP contribution in [0.5, 0.6) is 0 Å². The molecule has 0 spiro atoms. The van der Waals surface area contributed by atoms with Crippen molar-refractivity contribution in [1.82, 2.24) is 9.97 Å². The van der Waals surface area contributed by atoms with Crippen molar-refractivity contribution in [2.45, 2.75) is 19.3 Å². The molecule has 1 aromatic carbocycles. The molecular formula is C14H13BrN2S. The number of hydrogen-bond donors (Lipinski definition) is 1. The standard InChI is InChI=1S/C14H13BrN2S/c15-10-6-7-12-13(9-10)17-14(16-12)5-1-3-11-4-2-8-18-11/h2,4,6-9H,1,3,5H2,(H,16,17). The molecule has 0 aliphatic rings. The minimum absolute atomic E-state index is 1.00. The third-order valence-corrected chi connectivity index (χ3v) is 4.34. The maximum absolute atomic E-state index is 4.60. The zero-order valence-corrected chi connectivity index (χ0v) is 12.2. The van der Waals surface area contributed by atoms with Crippen LogP contribution in [0.25, 0.3) is 11.0 Å². The number of aromatic nitrogens is 2. The van der Waals surface area contributed by atoms with Crippen LogP contribution >= 0.6 is 27.3 Å². The topological polar surface area (TPSA) is 28.7 Å². The molecule has 0 aliphatic heterocycles. The van der Waals surface area contributed by atoms with Crippen molar-refractivity contribution in [2.75, 3.05) is 0 Å². The summed E-state index contributed by atoms with van der Waals surface area (Å²) < 4.78 is 1.09. The number of hydrogen-bond acceptors (Lipinski definition) is 2. The Morgan fingerprint density at radius 2 is 2.17 bits per heavy atom. The maximum atomic E-state index is 4.60. The first-order chi connectivity index (χ1) is 8.81. The van der Waals surface area contributed by atoms with Gasteiger partial charge in [-0.3, -0.25) is 0 Å². The zero-order chi connectivity index (χ0) is 12.4. The van der Waals surface area contributed by atoms with Gasteiger partial charge < -0.3 is 4.98 Å². The van der Waals surface area contributed by atoms with E-state index in [-0.39, 0.29) is 0 Å². The van der Waals surface area contributed by atoms with Crippen molar-refractivity contribution in [3.8, 4) is 0 Å². The summed E-state index contributed by atoms with van der Waals surface area (Å²) >= 11 is 5.30. The van der Waals surface area contributed by atoms with E-state index in [0.29, 0.717) is 0 Å². The van der Waals surface area contributed by atoms with Crippen molar-refractivity contribution in [1.29, 1.82) is 0 Å². The average Bonchev–Trinajstić information content (AvgIpc) is 2.97. The first kappa shape index (κ1) is 11.9. The molecule has 0 bridgehead atoms. The largest absolute Gasteiger partial charge is 0.342 e. The second-order valence-corrected chi connectivity index (χ2v) is 6.23. The fraction of sp³-hybridized carbons (Fsp3) is 0.214. The second-order valence-electron chi connectivity index (χ2n) is 4.28. The Balaban J connectivity index is 1.67. The number of benzene rings is 1. The van der Waals surface area contributed by atoms with Crippen LogP contribution in [-0.4, -0.2) is 9.97 Å². The van der Waals surface area contributed by atoms with Crippen LogP contribution in [0.15, 0.2) is 40.2 Å². The summed E-state index contributed by atoms with van der Waals surface area (Å²) in [5, 5.41) is 2.13. The number of aromatic amines is 1. The van der Waals surface area contributed by atoms with E-state index in [0.717, 1.165) is 40.6 Å². The van der Waals surface area contributed by atoms with Gasteiger partial charge in [0.25, 0.3) is 0 Å². The Labute approximate surface area is 118 Å². The Bertz CT molecular complexity index is 643. The highest BCUT2D eigenvalue weighted by atomic mass is 79.9. The molecule has 2 aromatic heterocycles. The smallest absolute Gasteiger partial charge is 0.107 e. The van der Waals surface area contributed by atoms with Gasteiger partial charge in [-0.2, -0.15) is 0 Å². The first-order valence-corrected chi connectivity index (χ1v) is 7.65. The van der Waals surface area contributed by atoms with Gasteiger partial charge in [0.15, 0.2) is 0 Å². The molecule has 1 N–H and O–H groups in total. The molecule has 0 saturated carbocycles. The number of aryl methyl sites for hydroxylation is 2. The molecule has 3 aromatic rings. The number of rotatable bonds is 4. The highest BCUT2D eigenvalue weighted by molar-refractivity contribution is 9.10. The summed E-state index contributed by atoms with van der Waals surface area (Å²) in [5.74, 6) is 1.08. The summed E-state index contributed by atoms with van der Waals surface area (Å²) in [6.45, 7) is 0. The van der Waals surface area contributed by atoms with Gasteiger partial charge in [0.05, 0.1) is 11.0 Å². The molecule has 2 heterocycles. The van der Waals surface area contributed by atoms with Gasteiger partial charge in [0.2, 0.25) is 0 Å². The van der Waals surface area contributed by atoms with Crippen LogP contribution in [0.3, 0.4) is 0 Å². The predicted molar refractivity (Wildman–Crippen MR) is 80.1 cm³/mol. The number of halogens is 1. The molecule has 18 heavy (non-hydrogen) atoms. The lowest BCUT2D eigenvalue weighted by atomic mass is 10.2. The minimum atomic E-state index is 1.00. The van der Waals surface area contributed by atoms with Crippen LogP contribution in [0, 0.1) is 0 Å². The van der Waals surface area contributed by atoms with E-state index in [1.807, 2.05) is 23.5 Å². The molecule has 92 valence electrons. The summed E-state index contributed by atoms with van der Waals surface area (Å²) in [7, 11) is 0. The van der Waals surface area contributed by atoms with Crippen molar-refractivity contribution in [3.63, 3.8) is 0 Å². The van der Waals surface area contributed by atoms with E-state index in [1.54, 1.807) is 0 Å². The number of fused-ring (bicyclic) bond motifs is 1. The average molecular weight is 321 g/mol. The van der Waals surface area contributed by atoms with E-state index < -0.39 is 0 Å². The molecule has 0 fully saturated rings. The van der Waals surface area contributed by atoms with Crippen molar-refractivity contribution < 1.29 is 0 Å². The van der Waals surface area contributed by atoms with Crippen molar-refractivity contribution >= 4 is 38.3 Å². The minimum Gasteiger partial charge on any atom is -0.342 e. The van der Waals surface area contributed by atoms with E-state index in [9.17, 15) is 0 Å². The zero-order valence-electron chi connectivity index (χ0n) is 9.82. The number of nitrogens with zero attached hydrogens (tertiary/aromatic N) is 1. The van der Waals surface area contributed by atoms with Gasteiger partial charge in [-0.15, -0.1) is 11.3 Å². The van der Waals surface area contributed by atoms with Gasteiger partial charge >= 0.3 is 0 Å². The molecule has 0 atom stereocenters. The first-order valence-electron chi connectivity index (χ1n) is 5.98. The Kier molecular flexibility index (Phi) is 3.48.